The molecule has 0 aliphatic heterocycles. The number of hydrogen-bond acceptors (Lipinski definition) is 5. The molecule has 0 spiro atoms. The van der Waals surface area contributed by atoms with Crippen molar-refractivity contribution in [2.24, 2.45) is 5.41 Å². The standard InChI is InChI=1S/C15H14ClF3N4OS/c1-14(2,6-24)7-25-12-11-21-22-13(15(17,18)19)23(11)10-5-8(16)3-4-9(10)20-12/h3-5,24H,6-7H2,1-2H3. The molecule has 0 unspecified atom stereocenters. The van der Waals surface area contributed by atoms with Crippen molar-refractivity contribution in [3.8, 4) is 0 Å². The van der Waals surface area contributed by atoms with Gasteiger partial charge in [0.15, 0.2) is 5.65 Å². The summed E-state index contributed by atoms with van der Waals surface area (Å²) < 4.78 is 40.9. The maximum absolute atomic E-state index is 13.3. The number of benzene rings is 1. The van der Waals surface area contributed by atoms with E-state index in [9.17, 15) is 18.3 Å². The van der Waals surface area contributed by atoms with Crippen LogP contribution in [0, 0.1) is 5.41 Å². The van der Waals surface area contributed by atoms with Gasteiger partial charge in [0, 0.05) is 17.4 Å². The number of aromatic nitrogens is 4. The van der Waals surface area contributed by atoms with Crippen LogP contribution in [0.2, 0.25) is 5.02 Å². The second-order valence-electron chi connectivity index (χ2n) is 6.34. The van der Waals surface area contributed by atoms with E-state index in [1.54, 1.807) is 12.1 Å². The summed E-state index contributed by atoms with van der Waals surface area (Å²) in [6.07, 6.45) is -4.66. The van der Waals surface area contributed by atoms with Gasteiger partial charge >= 0.3 is 6.18 Å². The predicted molar refractivity (Wildman–Crippen MR) is 89.9 cm³/mol. The number of halogens is 4. The summed E-state index contributed by atoms with van der Waals surface area (Å²) in [6, 6.07) is 4.52. The summed E-state index contributed by atoms with van der Waals surface area (Å²) in [5, 5.41) is 17.0. The molecule has 3 aromatic rings. The van der Waals surface area contributed by atoms with E-state index in [0.717, 1.165) is 4.40 Å². The molecule has 0 aliphatic carbocycles. The first kappa shape index (κ1) is 18.2. The third-order valence-corrected chi connectivity index (χ3v) is 5.24. The number of thioether (sulfide) groups is 1. The second kappa shape index (κ2) is 6.30. The van der Waals surface area contributed by atoms with E-state index in [2.05, 4.69) is 15.2 Å². The first-order valence-electron chi connectivity index (χ1n) is 7.28. The van der Waals surface area contributed by atoms with E-state index in [1.165, 1.54) is 17.8 Å². The highest BCUT2D eigenvalue weighted by molar-refractivity contribution is 7.99. The monoisotopic (exact) mass is 390 g/mol. The third-order valence-electron chi connectivity index (χ3n) is 3.54. The van der Waals surface area contributed by atoms with Crippen LogP contribution in [-0.4, -0.2) is 37.0 Å². The Morgan fingerprint density at radius 2 is 1.96 bits per heavy atom. The van der Waals surface area contributed by atoms with Crippen molar-refractivity contribution in [3.63, 3.8) is 0 Å². The molecule has 5 nitrogen and oxygen atoms in total. The molecule has 0 bridgehead atoms. The highest BCUT2D eigenvalue weighted by Crippen LogP contribution is 2.35. The Hall–Kier alpha value is -1.58. The largest absolute Gasteiger partial charge is 0.452 e. The number of aliphatic hydroxyl groups is 1. The lowest BCUT2D eigenvalue weighted by Crippen LogP contribution is -2.19. The van der Waals surface area contributed by atoms with E-state index in [-0.39, 0.29) is 17.8 Å². The van der Waals surface area contributed by atoms with E-state index in [4.69, 9.17) is 11.6 Å². The molecule has 0 aliphatic rings. The third kappa shape index (κ3) is 3.54. The smallest absolute Gasteiger partial charge is 0.396 e. The Morgan fingerprint density at radius 1 is 1.24 bits per heavy atom. The van der Waals surface area contributed by atoms with Crippen LogP contribution in [0.15, 0.2) is 23.2 Å². The van der Waals surface area contributed by atoms with Crippen molar-refractivity contribution < 1.29 is 18.3 Å². The lowest BCUT2D eigenvalue weighted by molar-refractivity contribution is -0.145. The number of aliphatic hydroxyl groups excluding tert-OH is 1. The van der Waals surface area contributed by atoms with Gasteiger partial charge in [0.2, 0.25) is 5.82 Å². The maximum atomic E-state index is 13.3. The van der Waals surface area contributed by atoms with E-state index in [1.807, 2.05) is 13.8 Å². The van der Waals surface area contributed by atoms with Gasteiger partial charge in [-0.15, -0.1) is 22.0 Å². The molecule has 0 atom stereocenters. The van der Waals surface area contributed by atoms with Gasteiger partial charge in [-0.2, -0.15) is 13.2 Å². The zero-order chi connectivity index (χ0) is 18.4. The summed E-state index contributed by atoms with van der Waals surface area (Å²) in [5.41, 5.74) is 0.142. The highest BCUT2D eigenvalue weighted by atomic mass is 35.5. The SMILES string of the molecule is CC(C)(CO)CSc1nc2ccc(Cl)cc2n2c(C(F)(F)F)nnc12. The fourth-order valence-corrected chi connectivity index (χ4v) is 3.38. The number of hydrogen-bond donors (Lipinski definition) is 1. The lowest BCUT2D eigenvalue weighted by atomic mass is 9.98. The molecule has 2 heterocycles. The molecule has 0 radical (unpaired) electrons. The van der Waals surface area contributed by atoms with Crippen LogP contribution in [0.5, 0.6) is 0 Å². The van der Waals surface area contributed by atoms with Gasteiger partial charge in [-0.3, -0.25) is 4.40 Å². The molecule has 10 heteroatoms. The predicted octanol–water partition coefficient (Wildman–Crippen LogP) is 4.06. The lowest BCUT2D eigenvalue weighted by Gasteiger charge is -2.20. The summed E-state index contributed by atoms with van der Waals surface area (Å²) in [4.78, 5) is 4.41. The van der Waals surface area contributed by atoms with E-state index in [0.29, 0.717) is 21.3 Å². The molecule has 0 saturated carbocycles. The van der Waals surface area contributed by atoms with Crippen LogP contribution in [0.3, 0.4) is 0 Å². The van der Waals surface area contributed by atoms with Gasteiger partial charge in [0.05, 0.1) is 11.0 Å². The summed E-state index contributed by atoms with van der Waals surface area (Å²) in [5.74, 6) is -0.667. The van der Waals surface area contributed by atoms with Gasteiger partial charge in [-0.1, -0.05) is 25.4 Å². The number of nitrogens with zero attached hydrogens (tertiary/aromatic N) is 4. The second-order valence-corrected chi connectivity index (χ2v) is 7.74. The van der Waals surface area contributed by atoms with Gasteiger partial charge < -0.3 is 5.11 Å². The van der Waals surface area contributed by atoms with Gasteiger partial charge in [-0.05, 0) is 23.6 Å². The first-order chi connectivity index (χ1) is 11.6. The molecule has 3 rings (SSSR count). The number of fused-ring (bicyclic) bond motifs is 3. The van der Waals surface area contributed by atoms with Crippen molar-refractivity contribution in [3.05, 3.63) is 29.0 Å². The quantitative estimate of drug-likeness (QED) is 0.680. The number of rotatable bonds is 4. The minimum Gasteiger partial charge on any atom is -0.396 e. The molecule has 1 N–H and O–H groups in total. The molecule has 0 amide bonds. The molecule has 0 saturated heterocycles. The summed E-state index contributed by atoms with van der Waals surface area (Å²) in [7, 11) is 0. The minimum absolute atomic E-state index is 0.0147. The van der Waals surface area contributed by atoms with Crippen molar-refractivity contribution in [1.82, 2.24) is 19.6 Å². The molecule has 0 fully saturated rings. The average Bonchev–Trinajstić information content (AvgIpc) is 2.98. The van der Waals surface area contributed by atoms with Gasteiger partial charge in [0.25, 0.3) is 0 Å². The average molecular weight is 391 g/mol. The molecule has 25 heavy (non-hydrogen) atoms. The topological polar surface area (TPSA) is 63.3 Å². The fraction of sp³-hybridized carbons (Fsp3) is 0.400. The maximum Gasteiger partial charge on any atom is 0.452 e. The highest BCUT2D eigenvalue weighted by Gasteiger charge is 2.38. The minimum atomic E-state index is -4.66. The van der Waals surface area contributed by atoms with E-state index < -0.39 is 17.4 Å². The number of alkyl halides is 3. The van der Waals surface area contributed by atoms with Crippen molar-refractivity contribution in [2.45, 2.75) is 25.0 Å². The molecule has 2 aromatic heterocycles. The Morgan fingerprint density at radius 3 is 2.60 bits per heavy atom. The molecular weight excluding hydrogens is 377 g/mol. The van der Waals surface area contributed by atoms with Crippen molar-refractivity contribution >= 4 is 40.0 Å². The van der Waals surface area contributed by atoms with E-state index >= 15 is 0 Å². The molecule has 1 aromatic carbocycles. The van der Waals surface area contributed by atoms with Gasteiger partial charge in [-0.25, -0.2) is 4.98 Å². The van der Waals surface area contributed by atoms with Crippen LogP contribution in [0.25, 0.3) is 16.7 Å². The zero-order valence-electron chi connectivity index (χ0n) is 13.3. The molecule has 134 valence electrons. The Kier molecular flexibility index (Phi) is 4.59. The van der Waals surface area contributed by atoms with Crippen molar-refractivity contribution in [1.29, 1.82) is 0 Å². The van der Waals surface area contributed by atoms with Gasteiger partial charge in [0.1, 0.15) is 5.03 Å². The fourth-order valence-electron chi connectivity index (χ4n) is 2.17. The zero-order valence-corrected chi connectivity index (χ0v) is 14.9. The Bertz CT molecular complexity index is 942. The van der Waals surface area contributed by atoms with Crippen LogP contribution in [0.1, 0.15) is 19.7 Å². The summed E-state index contributed by atoms with van der Waals surface area (Å²) >= 11 is 7.17. The van der Waals surface area contributed by atoms with Crippen molar-refractivity contribution in [2.75, 3.05) is 12.4 Å². The first-order valence-corrected chi connectivity index (χ1v) is 8.64. The van der Waals surface area contributed by atoms with Crippen LogP contribution in [0.4, 0.5) is 13.2 Å². The van der Waals surface area contributed by atoms with Crippen LogP contribution in [-0.2, 0) is 6.18 Å². The Balaban J connectivity index is 2.24. The molecular formula is C15H14ClF3N4OS. The Labute approximate surface area is 150 Å². The normalized spacial score (nSPS) is 13.1. The summed E-state index contributed by atoms with van der Waals surface area (Å²) in [6.45, 7) is 3.64. The van der Waals surface area contributed by atoms with Crippen LogP contribution >= 0.6 is 23.4 Å². The van der Waals surface area contributed by atoms with Crippen LogP contribution < -0.4 is 0 Å².